The zero-order valence-electron chi connectivity index (χ0n) is 12.0. The lowest BCUT2D eigenvalue weighted by atomic mass is 9.79. The van der Waals surface area contributed by atoms with Crippen LogP contribution in [0.2, 0.25) is 0 Å². The normalized spacial score (nSPS) is 27.1. The number of carbonyl (C=O) groups is 1. The Bertz CT molecular complexity index is 510. The van der Waals surface area contributed by atoms with Gasteiger partial charge in [0.05, 0.1) is 6.54 Å². The quantitative estimate of drug-likeness (QED) is 0.782. The summed E-state index contributed by atoms with van der Waals surface area (Å²) >= 11 is 1.78. The fourth-order valence-corrected chi connectivity index (χ4v) is 4.58. The minimum absolute atomic E-state index is 0.0678. The predicted octanol–water partition coefficient (Wildman–Crippen LogP) is 2.70. The first-order valence-electron chi connectivity index (χ1n) is 7.35. The number of amides is 1. The molecular weight excluding hydrogens is 268 g/mol. The Morgan fingerprint density at radius 3 is 3.10 bits per heavy atom. The van der Waals surface area contributed by atoms with E-state index in [1.807, 2.05) is 4.90 Å². The van der Waals surface area contributed by atoms with Crippen molar-refractivity contribution in [3.8, 4) is 0 Å². The van der Waals surface area contributed by atoms with Crippen LogP contribution in [0, 0.1) is 5.92 Å². The van der Waals surface area contributed by atoms with Gasteiger partial charge in [0.25, 0.3) is 0 Å². The van der Waals surface area contributed by atoms with E-state index in [-0.39, 0.29) is 5.91 Å². The molecule has 1 fully saturated rings. The topological polar surface area (TPSA) is 23.6 Å². The van der Waals surface area contributed by atoms with Gasteiger partial charge < -0.3 is 9.80 Å². The molecule has 1 aromatic rings. The van der Waals surface area contributed by atoms with E-state index < -0.39 is 0 Å². The highest BCUT2D eigenvalue weighted by molar-refractivity contribution is 7.10. The Hall–Kier alpha value is -1.13. The molecule has 108 valence electrons. The van der Waals surface area contributed by atoms with Crippen LogP contribution in [0.5, 0.6) is 0 Å². The molecule has 2 atom stereocenters. The van der Waals surface area contributed by atoms with Gasteiger partial charge in [0.15, 0.2) is 0 Å². The maximum atomic E-state index is 12.0. The number of piperidine rings is 1. The number of carbonyl (C=O) groups excluding carboxylic acids is 1. The van der Waals surface area contributed by atoms with Crippen LogP contribution in [-0.4, -0.2) is 42.4 Å². The van der Waals surface area contributed by atoms with Crippen LogP contribution in [0.25, 0.3) is 0 Å². The van der Waals surface area contributed by atoms with Crippen molar-refractivity contribution in [2.45, 2.75) is 25.3 Å². The number of thiophene rings is 1. The van der Waals surface area contributed by atoms with E-state index >= 15 is 0 Å². The number of hydrogen-bond acceptors (Lipinski definition) is 3. The minimum atomic E-state index is 0.0678. The van der Waals surface area contributed by atoms with E-state index in [4.69, 9.17) is 0 Å². The SMILES string of the molecule is C=CC(=O)N1Cc2sccc2[C@@H]([C@H]2CCCN(C)C2)C1. The Balaban J connectivity index is 1.85. The number of hydrogen-bond donors (Lipinski definition) is 0. The van der Waals surface area contributed by atoms with Crippen LogP contribution in [0.1, 0.15) is 29.2 Å². The molecule has 0 aromatic carbocycles. The number of fused-ring (bicyclic) bond motifs is 1. The molecule has 1 aromatic heterocycles. The van der Waals surface area contributed by atoms with Gasteiger partial charge in [-0.2, -0.15) is 0 Å². The van der Waals surface area contributed by atoms with Gasteiger partial charge in [0.2, 0.25) is 5.91 Å². The predicted molar refractivity (Wildman–Crippen MR) is 82.9 cm³/mol. The van der Waals surface area contributed by atoms with E-state index in [9.17, 15) is 4.79 Å². The summed E-state index contributed by atoms with van der Waals surface area (Å²) in [5, 5.41) is 2.17. The van der Waals surface area contributed by atoms with Crippen molar-refractivity contribution >= 4 is 17.2 Å². The molecule has 3 heterocycles. The van der Waals surface area contributed by atoms with E-state index in [2.05, 4.69) is 30.0 Å². The van der Waals surface area contributed by atoms with E-state index in [0.717, 1.165) is 19.6 Å². The lowest BCUT2D eigenvalue weighted by Gasteiger charge is -2.40. The largest absolute Gasteiger partial charge is 0.333 e. The first kappa shape index (κ1) is 13.8. The van der Waals surface area contributed by atoms with Gasteiger partial charge in [0, 0.05) is 23.9 Å². The zero-order valence-corrected chi connectivity index (χ0v) is 12.9. The Morgan fingerprint density at radius 2 is 2.35 bits per heavy atom. The second-order valence-corrected chi connectivity index (χ2v) is 6.99. The third-order valence-electron chi connectivity index (χ3n) is 4.65. The number of likely N-dealkylation sites (tertiary alicyclic amines) is 1. The average Bonchev–Trinajstić information content (AvgIpc) is 2.93. The van der Waals surface area contributed by atoms with Crippen molar-refractivity contribution in [2.24, 2.45) is 5.92 Å². The van der Waals surface area contributed by atoms with Gasteiger partial charge >= 0.3 is 0 Å². The maximum Gasteiger partial charge on any atom is 0.246 e. The third kappa shape index (κ3) is 2.54. The Labute approximate surface area is 124 Å². The maximum absolute atomic E-state index is 12.0. The van der Waals surface area contributed by atoms with E-state index in [1.54, 1.807) is 11.3 Å². The van der Waals surface area contributed by atoms with Crippen LogP contribution in [0.3, 0.4) is 0 Å². The van der Waals surface area contributed by atoms with Crippen molar-refractivity contribution in [3.63, 3.8) is 0 Å². The molecule has 0 spiro atoms. The lowest BCUT2D eigenvalue weighted by molar-refractivity contribution is -0.127. The van der Waals surface area contributed by atoms with Crippen LogP contribution < -0.4 is 0 Å². The highest BCUT2D eigenvalue weighted by Crippen LogP contribution is 2.39. The van der Waals surface area contributed by atoms with Crippen LogP contribution in [0.4, 0.5) is 0 Å². The van der Waals surface area contributed by atoms with Gasteiger partial charge in [-0.3, -0.25) is 4.79 Å². The molecule has 1 amide bonds. The molecule has 0 saturated carbocycles. The highest BCUT2D eigenvalue weighted by atomic mass is 32.1. The number of rotatable bonds is 2. The highest BCUT2D eigenvalue weighted by Gasteiger charge is 2.34. The van der Waals surface area contributed by atoms with Gasteiger partial charge in [-0.05, 0) is 55.4 Å². The summed E-state index contributed by atoms with van der Waals surface area (Å²) in [5.41, 5.74) is 1.49. The molecule has 2 aliphatic heterocycles. The molecule has 0 aliphatic carbocycles. The fraction of sp³-hybridized carbons (Fsp3) is 0.562. The van der Waals surface area contributed by atoms with Crippen LogP contribution in [0.15, 0.2) is 24.1 Å². The molecule has 0 N–H and O–H groups in total. The summed E-state index contributed by atoms with van der Waals surface area (Å²) in [7, 11) is 2.20. The number of nitrogens with zero attached hydrogens (tertiary/aromatic N) is 2. The van der Waals surface area contributed by atoms with Crippen LogP contribution >= 0.6 is 11.3 Å². The molecule has 0 radical (unpaired) electrons. The first-order chi connectivity index (χ1) is 9.69. The molecule has 4 heteroatoms. The summed E-state index contributed by atoms with van der Waals surface area (Å²) in [4.78, 5) is 17.7. The molecular formula is C16H22N2OS. The van der Waals surface area contributed by atoms with E-state index in [1.165, 1.54) is 35.9 Å². The van der Waals surface area contributed by atoms with Crippen LogP contribution in [-0.2, 0) is 11.3 Å². The van der Waals surface area contributed by atoms with Gasteiger partial charge in [-0.1, -0.05) is 6.58 Å². The summed E-state index contributed by atoms with van der Waals surface area (Å²) in [6.45, 7) is 7.60. The first-order valence-corrected chi connectivity index (χ1v) is 8.23. The second kappa shape index (κ2) is 5.70. The van der Waals surface area contributed by atoms with Crippen molar-refractivity contribution in [1.82, 2.24) is 9.80 Å². The molecule has 20 heavy (non-hydrogen) atoms. The summed E-state index contributed by atoms with van der Waals surface area (Å²) in [6.07, 6.45) is 4.00. The molecule has 2 aliphatic rings. The molecule has 0 bridgehead atoms. The Morgan fingerprint density at radius 1 is 1.50 bits per heavy atom. The van der Waals surface area contributed by atoms with Crippen molar-refractivity contribution < 1.29 is 4.79 Å². The minimum Gasteiger partial charge on any atom is -0.333 e. The fourth-order valence-electron chi connectivity index (χ4n) is 3.62. The zero-order chi connectivity index (χ0) is 14.1. The second-order valence-electron chi connectivity index (χ2n) is 5.99. The van der Waals surface area contributed by atoms with Crippen molar-refractivity contribution in [3.05, 3.63) is 34.5 Å². The molecule has 3 nitrogen and oxygen atoms in total. The van der Waals surface area contributed by atoms with Crippen molar-refractivity contribution in [2.75, 3.05) is 26.7 Å². The van der Waals surface area contributed by atoms with Gasteiger partial charge in [-0.25, -0.2) is 0 Å². The average molecular weight is 290 g/mol. The smallest absolute Gasteiger partial charge is 0.246 e. The van der Waals surface area contributed by atoms with E-state index in [0.29, 0.717) is 11.8 Å². The molecule has 1 saturated heterocycles. The monoisotopic (exact) mass is 290 g/mol. The Kier molecular flexibility index (Phi) is 3.94. The van der Waals surface area contributed by atoms with Crippen molar-refractivity contribution in [1.29, 1.82) is 0 Å². The summed E-state index contributed by atoms with van der Waals surface area (Å²) in [6, 6.07) is 2.27. The molecule has 0 unspecified atom stereocenters. The third-order valence-corrected chi connectivity index (χ3v) is 5.57. The van der Waals surface area contributed by atoms with Gasteiger partial charge in [-0.15, -0.1) is 11.3 Å². The molecule has 3 rings (SSSR count). The summed E-state index contributed by atoms with van der Waals surface area (Å²) in [5.74, 6) is 1.23. The lowest BCUT2D eigenvalue weighted by Crippen LogP contribution is -2.43. The summed E-state index contributed by atoms with van der Waals surface area (Å²) < 4.78 is 0. The standard InChI is InChI=1S/C16H22N2OS/c1-3-16(19)18-10-14(12-5-4-7-17(2)9-12)13-6-8-20-15(13)11-18/h3,6,8,12,14H,1,4-5,7,9-11H2,2H3/t12-,14+/m0/s1. The van der Waals surface area contributed by atoms with Gasteiger partial charge in [0.1, 0.15) is 0 Å².